The molecule has 136 valence electrons. The van der Waals surface area contributed by atoms with Crippen LogP contribution in [0.25, 0.3) is 0 Å². The molecule has 1 aromatic carbocycles. The molecule has 10 heteroatoms. The molecule has 24 heavy (non-hydrogen) atoms. The van der Waals surface area contributed by atoms with Gasteiger partial charge in [0.2, 0.25) is 0 Å². The minimum absolute atomic E-state index is 0.0663. The molecule has 0 spiro atoms. The van der Waals surface area contributed by atoms with Gasteiger partial charge in [0.25, 0.3) is 0 Å². The van der Waals surface area contributed by atoms with Crippen LogP contribution in [0, 0.1) is 5.82 Å². The molecule has 0 fully saturated rings. The summed E-state index contributed by atoms with van der Waals surface area (Å²) >= 11 is 0. The number of esters is 1. The van der Waals surface area contributed by atoms with E-state index in [9.17, 15) is 34.7 Å². The van der Waals surface area contributed by atoms with Crippen LogP contribution in [-0.4, -0.2) is 32.4 Å². The van der Waals surface area contributed by atoms with Crippen molar-refractivity contribution in [3.8, 4) is 0 Å². The monoisotopic (exact) mass is 374 g/mol. The van der Waals surface area contributed by atoms with Crippen molar-refractivity contribution in [2.75, 3.05) is 6.61 Å². The summed E-state index contributed by atoms with van der Waals surface area (Å²) < 4.78 is 88.4. The molecule has 0 radical (unpaired) electrons. The van der Waals surface area contributed by atoms with Crippen LogP contribution in [0.15, 0.2) is 24.3 Å². The molecule has 1 rings (SSSR count). The topological polar surface area (TPSA) is 60.4 Å². The minimum Gasteiger partial charge on any atom is -0.462 e. The highest BCUT2D eigenvalue weighted by Gasteiger charge is 2.38. The van der Waals surface area contributed by atoms with Crippen LogP contribution in [0.3, 0.4) is 0 Å². The molecule has 0 aromatic heterocycles. The maximum atomic E-state index is 12.8. The Balaban J connectivity index is 2.38. The van der Waals surface area contributed by atoms with E-state index in [2.05, 4.69) is 0 Å². The third-order valence-corrected chi connectivity index (χ3v) is 4.29. The predicted molar refractivity (Wildman–Crippen MR) is 75.0 cm³/mol. The molecule has 0 heterocycles. The molecule has 0 aliphatic carbocycles. The fourth-order valence-electron chi connectivity index (χ4n) is 1.91. The van der Waals surface area contributed by atoms with Crippen LogP contribution in [-0.2, 0) is 15.0 Å². The quantitative estimate of drug-likeness (QED) is 0.301. The summed E-state index contributed by atoms with van der Waals surface area (Å²) in [5.41, 5.74) is 0.0951. The molecular formula is C14H15F5O4S. The number of unbranched alkanes of at least 4 members (excludes halogenated alkanes) is 1. The summed E-state index contributed by atoms with van der Waals surface area (Å²) in [6.07, 6.45) is -7.09. The van der Waals surface area contributed by atoms with E-state index < -0.39 is 46.3 Å². The van der Waals surface area contributed by atoms with Crippen LogP contribution >= 0.6 is 0 Å². The van der Waals surface area contributed by atoms with Gasteiger partial charge in [0.15, 0.2) is 0 Å². The van der Waals surface area contributed by atoms with E-state index in [-0.39, 0.29) is 25.0 Å². The van der Waals surface area contributed by atoms with Crippen LogP contribution in [0.4, 0.5) is 21.4 Å². The first-order valence-electron chi connectivity index (χ1n) is 6.92. The number of hydrogen-bond acceptors (Lipinski definition) is 4. The lowest BCUT2D eigenvalue weighted by molar-refractivity contribution is -0.135. The first kappa shape index (κ1) is 20.3. The van der Waals surface area contributed by atoms with Crippen LogP contribution < -0.4 is 0 Å². The molecule has 1 aromatic rings. The van der Waals surface area contributed by atoms with Crippen molar-refractivity contribution in [1.29, 1.82) is 0 Å². The van der Waals surface area contributed by atoms with Gasteiger partial charge in [0.1, 0.15) is 5.82 Å². The molecule has 0 bridgehead atoms. The number of hydrogen-bond donors (Lipinski definition) is 0. The maximum Gasteiger partial charge on any atom is 0.390 e. The third-order valence-electron chi connectivity index (χ3n) is 3.09. The lowest BCUT2D eigenvalue weighted by Crippen LogP contribution is -2.25. The van der Waals surface area contributed by atoms with Gasteiger partial charge in [-0.15, -0.1) is 3.89 Å². The lowest BCUT2D eigenvalue weighted by Gasteiger charge is -2.14. The van der Waals surface area contributed by atoms with Crippen LogP contribution in [0.5, 0.6) is 0 Å². The van der Waals surface area contributed by atoms with Gasteiger partial charge in [0.05, 0.1) is 23.8 Å². The Morgan fingerprint density at radius 3 is 2.21 bits per heavy atom. The number of ether oxygens (including phenoxy) is 1. The Hall–Kier alpha value is -1.71. The van der Waals surface area contributed by atoms with Gasteiger partial charge < -0.3 is 4.74 Å². The number of halogens is 5. The molecule has 0 saturated carbocycles. The Morgan fingerprint density at radius 2 is 1.71 bits per heavy atom. The lowest BCUT2D eigenvalue weighted by atomic mass is 10.1. The van der Waals surface area contributed by atoms with Gasteiger partial charge in [-0.1, -0.05) is 0 Å². The van der Waals surface area contributed by atoms with E-state index >= 15 is 0 Å². The highest BCUT2D eigenvalue weighted by atomic mass is 32.3. The zero-order valence-electron chi connectivity index (χ0n) is 12.4. The van der Waals surface area contributed by atoms with Gasteiger partial charge in [-0.25, -0.2) is 9.18 Å². The van der Waals surface area contributed by atoms with Crippen molar-refractivity contribution in [2.45, 2.75) is 37.1 Å². The molecule has 0 saturated heterocycles. The molecule has 1 unspecified atom stereocenters. The molecule has 0 aliphatic rings. The molecular weight excluding hydrogens is 359 g/mol. The average molecular weight is 374 g/mol. The number of benzene rings is 1. The average Bonchev–Trinajstić information content (AvgIpc) is 2.44. The second-order valence-corrected chi connectivity index (χ2v) is 6.67. The SMILES string of the molecule is O=C(OCCCCC(CC(F)(F)F)S(=O)(=O)F)c1ccc(F)cc1. The number of carbonyl (C=O) groups excluding carboxylic acids is 1. The zero-order chi connectivity index (χ0) is 18.4. The van der Waals surface area contributed by atoms with Crippen molar-refractivity contribution in [1.82, 2.24) is 0 Å². The van der Waals surface area contributed by atoms with Crippen molar-refractivity contribution >= 4 is 16.2 Å². The van der Waals surface area contributed by atoms with Gasteiger partial charge in [0, 0.05) is 0 Å². The van der Waals surface area contributed by atoms with Gasteiger partial charge >= 0.3 is 22.4 Å². The van der Waals surface area contributed by atoms with Gasteiger partial charge in [-0.05, 0) is 43.5 Å². The van der Waals surface area contributed by atoms with Gasteiger partial charge in [-0.2, -0.15) is 21.6 Å². The number of alkyl halides is 3. The Morgan fingerprint density at radius 1 is 1.12 bits per heavy atom. The second-order valence-electron chi connectivity index (χ2n) is 5.06. The highest BCUT2D eigenvalue weighted by Crippen LogP contribution is 2.28. The summed E-state index contributed by atoms with van der Waals surface area (Å²) in [5.74, 6) is -1.28. The largest absolute Gasteiger partial charge is 0.462 e. The third kappa shape index (κ3) is 7.71. The first-order chi connectivity index (χ1) is 11.0. The van der Waals surface area contributed by atoms with Crippen molar-refractivity contribution in [2.24, 2.45) is 0 Å². The van der Waals surface area contributed by atoms with E-state index in [0.29, 0.717) is 0 Å². The Labute approximate surface area is 135 Å². The van der Waals surface area contributed by atoms with Crippen molar-refractivity contribution in [3.63, 3.8) is 0 Å². The highest BCUT2D eigenvalue weighted by molar-refractivity contribution is 7.87. The van der Waals surface area contributed by atoms with E-state index in [1.165, 1.54) is 12.1 Å². The number of rotatable bonds is 8. The zero-order valence-corrected chi connectivity index (χ0v) is 13.2. The minimum atomic E-state index is -5.31. The summed E-state index contributed by atoms with van der Waals surface area (Å²) in [6.45, 7) is -0.179. The predicted octanol–water partition coefficient (Wildman–Crippen LogP) is 3.77. The number of carbonyl (C=O) groups is 1. The molecule has 0 N–H and O–H groups in total. The normalized spacial score (nSPS) is 13.5. The molecule has 0 aliphatic heterocycles. The van der Waals surface area contributed by atoms with Crippen molar-refractivity contribution < 1.29 is 39.4 Å². The fourth-order valence-corrected chi connectivity index (χ4v) is 2.75. The Bertz CT molecular complexity index is 640. The molecule has 4 nitrogen and oxygen atoms in total. The standard InChI is InChI=1S/C14H15F5O4S/c15-11-6-4-10(5-7-11)13(20)23-8-2-1-3-12(24(19,21)22)9-14(16,17)18/h4-7,12H,1-3,8-9H2. The Kier molecular flexibility index (Phi) is 7.12. The van der Waals surface area contributed by atoms with E-state index in [1.807, 2.05) is 0 Å². The maximum absolute atomic E-state index is 12.8. The van der Waals surface area contributed by atoms with E-state index in [1.54, 1.807) is 0 Å². The van der Waals surface area contributed by atoms with Crippen molar-refractivity contribution in [3.05, 3.63) is 35.6 Å². The second kappa shape index (κ2) is 8.41. The van der Waals surface area contributed by atoms with E-state index in [4.69, 9.17) is 4.74 Å². The van der Waals surface area contributed by atoms with Crippen LogP contribution in [0.2, 0.25) is 0 Å². The van der Waals surface area contributed by atoms with Crippen LogP contribution in [0.1, 0.15) is 36.0 Å². The summed E-state index contributed by atoms with van der Waals surface area (Å²) in [7, 11) is -5.31. The summed E-state index contributed by atoms with van der Waals surface area (Å²) in [6, 6.07) is 4.52. The first-order valence-corrected chi connectivity index (χ1v) is 8.36. The summed E-state index contributed by atoms with van der Waals surface area (Å²) in [5, 5.41) is -2.16. The van der Waals surface area contributed by atoms with Gasteiger partial charge in [-0.3, -0.25) is 0 Å². The van der Waals surface area contributed by atoms with E-state index in [0.717, 1.165) is 12.1 Å². The molecule has 0 amide bonds. The molecule has 1 atom stereocenters. The fraction of sp³-hybridized carbons (Fsp3) is 0.500. The smallest absolute Gasteiger partial charge is 0.390 e. The summed E-state index contributed by atoms with van der Waals surface area (Å²) in [4.78, 5) is 11.6.